The standard InChI is InChI=1S/C41H39N3O6/c1-3-49-32-19-17-30(18-20-32)42-23-9-21-40(2)34(37(42)46)35-38(47)44(33(26-45)28-12-5-4-6-13-28)36-39(48)43(24-10-22-41(35,36)50-40)31-16-15-27-11-7-8-14-29(27)25-31/h4-22,25,33-36,45H,3,23-24,26H2,1-2H3/t33-,34-,35+,36?,40+,41+/m1/s1. The molecule has 3 amide bonds. The molecule has 4 aromatic carbocycles. The van der Waals surface area contributed by atoms with E-state index in [-0.39, 0.29) is 24.9 Å². The van der Waals surface area contributed by atoms with Gasteiger partial charge in [-0.05, 0) is 66.6 Å². The molecule has 4 aliphatic heterocycles. The van der Waals surface area contributed by atoms with Gasteiger partial charge in [-0.15, -0.1) is 0 Å². The summed E-state index contributed by atoms with van der Waals surface area (Å²) in [4.78, 5) is 49.9. The van der Waals surface area contributed by atoms with Crippen LogP contribution in [0.4, 0.5) is 11.4 Å². The number of benzene rings is 4. The summed E-state index contributed by atoms with van der Waals surface area (Å²) in [5.74, 6) is -2.30. The third-order valence-corrected chi connectivity index (χ3v) is 10.7. The van der Waals surface area contributed by atoms with Gasteiger partial charge in [0.1, 0.15) is 17.4 Å². The van der Waals surface area contributed by atoms with Crippen LogP contribution in [0.2, 0.25) is 0 Å². The molecule has 1 N–H and O–H groups in total. The molecule has 0 aromatic heterocycles. The number of anilines is 2. The quantitative estimate of drug-likeness (QED) is 0.263. The lowest BCUT2D eigenvalue weighted by Crippen LogP contribution is -2.57. The SMILES string of the molecule is CCOc1ccc(N2CC=C[C@]3(C)O[C@]45C=CCN(c6ccc7ccccc7c6)C(=O)C4N([C@H](CO)c4ccccc4)C(=O)[C@@H]5[C@@H]3C2=O)cc1. The molecule has 4 aromatic rings. The first-order valence-corrected chi connectivity index (χ1v) is 17.2. The Morgan fingerprint density at radius 2 is 1.44 bits per heavy atom. The normalized spacial score (nSPS) is 27.9. The summed E-state index contributed by atoms with van der Waals surface area (Å²) in [6.45, 7) is 4.38. The number of hydrogen-bond acceptors (Lipinski definition) is 6. The molecule has 0 saturated carbocycles. The summed E-state index contributed by atoms with van der Waals surface area (Å²) >= 11 is 0. The number of likely N-dealkylation sites (tertiary alicyclic amines) is 1. The third kappa shape index (κ3) is 4.87. The molecule has 254 valence electrons. The largest absolute Gasteiger partial charge is 0.494 e. The van der Waals surface area contributed by atoms with Gasteiger partial charge in [-0.3, -0.25) is 14.4 Å². The highest BCUT2D eigenvalue weighted by Crippen LogP contribution is 2.59. The molecule has 8 rings (SSSR count). The molecule has 6 atom stereocenters. The zero-order valence-electron chi connectivity index (χ0n) is 28.0. The van der Waals surface area contributed by atoms with Crippen molar-refractivity contribution in [1.29, 1.82) is 0 Å². The summed E-state index contributed by atoms with van der Waals surface area (Å²) in [7, 11) is 0. The predicted molar refractivity (Wildman–Crippen MR) is 191 cm³/mol. The smallest absolute Gasteiger partial charge is 0.253 e. The van der Waals surface area contributed by atoms with E-state index in [9.17, 15) is 9.90 Å². The highest BCUT2D eigenvalue weighted by molar-refractivity contribution is 6.08. The van der Waals surface area contributed by atoms with Crippen LogP contribution < -0.4 is 14.5 Å². The van der Waals surface area contributed by atoms with Gasteiger partial charge in [-0.25, -0.2) is 0 Å². The fraction of sp³-hybridized carbons (Fsp3) is 0.293. The minimum atomic E-state index is -1.48. The number of rotatable bonds is 7. The van der Waals surface area contributed by atoms with Gasteiger partial charge >= 0.3 is 0 Å². The summed E-state index contributed by atoms with van der Waals surface area (Å²) in [6.07, 6.45) is 7.48. The number of aliphatic hydroxyl groups is 1. The maximum absolute atomic E-state index is 15.1. The number of aliphatic hydroxyl groups excluding tert-OH is 1. The Morgan fingerprint density at radius 1 is 0.780 bits per heavy atom. The highest BCUT2D eigenvalue weighted by Gasteiger charge is 2.75. The van der Waals surface area contributed by atoms with Crippen LogP contribution >= 0.6 is 0 Å². The van der Waals surface area contributed by atoms with Gasteiger partial charge in [-0.1, -0.05) is 85.0 Å². The summed E-state index contributed by atoms with van der Waals surface area (Å²) in [6, 6.07) is 28.3. The summed E-state index contributed by atoms with van der Waals surface area (Å²) in [5.41, 5.74) is -0.639. The number of carbonyl (C=O) groups is 3. The van der Waals surface area contributed by atoms with Crippen LogP contribution in [0.5, 0.6) is 5.75 Å². The Morgan fingerprint density at radius 3 is 2.16 bits per heavy atom. The van der Waals surface area contributed by atoms with E-state index in [1.807, 2.05) is 135 Å². The van der Waals surface area contributed by atoms with E-state index in [0.717, 1.165) is 10.8 Å². The zero-order valence-corrected chi connectivity index (χ0v) is 28.0. The van der Waals surface area contributed by atoms with Crippen LogP contribution in [-0.4, -0.2) is 71.3 Å². The topological polar surface area (TPSA) is 99.6 Å². The lowest BCUT2D eigenvalue weighted by molar-refractivity contribution is -0.148. The van der Waals surface area contributed by atoms with Crippen LogP contribution in [-0.2, 0) is 19.1 Å². The second kappa shape index (κ2) is 12.3. The van der Waals surface area contributed by atoms with Crippen molar-refractivity contribution in [1.82, 2.24) is 4.90 Å². The van der Waals surface area contributed by atoms with E-state index in [1.54, 1.807) is 9.80 Å². The molecule has 0 aliphatic carbocycles. The van der Waals surface area contributed by atoms with E-state index in [1.165, 1.54) is 4.90 Å². The van der Waals surface area contributed by atoms with E-state index >= 15 is 9.59 Å². The average molecular weight is 670 g/mol. The molecular weight excluding hydrogens is 630 g/mol. The zero-order chi connectivity index (χ0) is 34.6. The van der Waals surface area contributed by atoms with Gasteiger partial charge in [0.15, 0.2) is 0 Å². The summed E-state index contributed by atoms with van der Waals surface area (Å²) in [5, 5.41) is 12.9. The van der Waals surface area contributed by atoms with Gasteiger partial charge in [0.2, 0.25) is 11.8 Å². The number of hydrogen-bond donors (Lipinski definition) is 1. The lowest BCUT2D eigenvalue weighted by Gasteiger charge is -2.40. The number of carbonyl (C=O) groups excluding carboxylic acids is 3. The molecule has 4 heterocycles. The maximum atomic E-state index is 15.1. The van der Waals surface area contributed by atoms with Gasteiger partial charge in [0, 0.05) is 24.5 Å². The second-order valence-corrected chi connectivity index (χ2v) is 13.5. The van der Waals surface area contributed by atoms with Gasteiger partial charge < -0.3 is 29.3 Å². The van der Waals surface area contributed by atoms with Crippen LogP contribution in [0, 0.1) is 11.8 Å². The number of ether oxygens (including phenoxy) is 2. The Hall–Kier alpha value is -5.25. The van der Waals surface area contributed by atoms with Gasteiger partial charge in [0.05, 0.1) is 36.7 Å². The highest BCUT2D eigenvalue weighted by atomic mass is 16.5. The van der Waals surface area contributed by atoms with Crippen molar-refractivity contribution in [2.75, 3.05) is 36.1 Å². The number of nitrogens with zero attached hydrogens (tertiary/aromatic N) is 3. The second-order valence-electron chi connectivity index (χ2n) is 13.5. The number of fused-ring (bicyclic) bond motifs is 3. The molecule has 4 aliphatic rings. The van der Waals surface area contributed by atoms with Crippen LogP contribution in [0.1, 0.15) is 25.5 Å². The lowest BCUT2D eigenvalue weighted by atomic mass is 9.74. The predicted octanol–water partition coefficient (Wildman–Crippen LogP) is 5.45. The molecule has 0 bridgehead atoms. The Balaban J connectivity index is 1.26. The first-order chi connectivity index (χ1) is 24.3. The fourth-order valence-corrected chi connectivity index (χ4v) is 8.52. The van der Waals surface area contributed by atoms with E-state index in [2.05, 4.69) is 0 Å². The van der Waals surface area contributed by atoms with E-state index in [0.29, 0.717) is 29.3 Å². The van der Waals surface area contributed by atoms with E-state index in [4.69, 9.17) is 9.47 Å². The minimum Gasteiger partial charge on any atom is -0.494 e. The molecule has 50 heavy (non-hydrogen) atoms. The van der Waals surface area contributed by atoms with Crippen molar-refractivity contribution in [3.8, 4) is 5.75 Å². The van der Waals surface area contributed by atoms with Crippen LogP contribution in [0.3, 0.4) is 0 Å². The third-order valence-electron chi connectivity index (χ3n) is 10.7. The maximum Gasteiger partial charge on any atom is 0.253 e. The molecule has 9 heteroatoms. The van der Waals surface area contributed by atoms with Crippen molar-refractivity contribution < 1.29 is 29.0 Å². The van der Waals surface area contributed by atoms with Crippen molar-refractivity contribution in [3.63, 3.8) is 0 Å². The van der Waals surface area contributed by atoms with Crippen molar-refractivity contribution in [2.45, 2.75) is 37.1 Å². The Kier molecular flexibility index (Phi) is 7.84. The fourth-order valence-electron chi connectivity index (χ4n) is 8.52. The first-order valence-electron chi connectivity index (χ1n) is 17.2. The summed E-state index contributed by atoms with van der Waals surface area (Å²) < 4.78 is 12.7. The van der Waals surface area contributed by atoms with Gasteiger partial charge in [-0.2, -0.15) is 0 Å². The Bertz CT molecular complexity index is 2030. The monoisotopic (exact) mass is 669 g/mol. The molecule has 2 fully saturated rings. The first kappa shape index (κ1) is 32.0. The molecule has 1 unspecified atom stereocenters. The van der Waals surface area contributed by atoms with Gasteiger partial charge in [0.25, 0.3) is 5.91 Å². The molecule has 0 radical (unpaired) electrons. The molecule has 2 saturated heterocycles. The number of amides is 3. The molecular formula is C41H39N3O6. The average Bonchev–Trinajstić information content (AvgIpc) is 3.40. The van der Waals surface area contributed by atoms with Crippen molar-refractivity contribution >= 4 is 39.9 Å². The Labute approximate surface area is 291 Å². The van der Waals surface area contributed by atoms with E-state index < -0.39 is 47.6 Å². The minimum absolute atomic E-state index is 0.242. The molecule has 9 nitrogen and oxygen atoms in total. The van der Waals surface area contributed by atoms with Crippen molar-refractivity contribution in [3.05, 3.63) is 127 Å². The molecule has 1 spiro atoms. The van der Waals surface area contributed by atoms with Crippen molar-refractivity contribution in [2.24, 2.45) is 11.8 Å². The van der Waals surface area contributed by atoms with Crippen LogP contribution in [0.15, 0.2) is 121 Å². The van der Waals surface area contributed by atoms with Crippen LogP contribution in [0.25, 0.3) is 10.8 Å².